The van der Waals surface area contributed by atoms with Crippen molar-refractivity contribution in [2.24, 2.45) is 0 Å². The van der Waals surface area contributed by atoms with Gasteiger partial charge in [-0.3, -0.25) is 14.4 Å². The van der Waals surface area contributed by atoms with Gasteiger partial charge < -0.3 is 9.64 Å². The Morgan fingerprint density at radius 2 is 1.93 bits per heavy atom. The van der Waals surface area contributed by atoms with E-state index in [9.17, 15) is 14.4 Å². The topological polar surface area (TPSA) is 63.7 Å². The van der Waals surface area contributed by atoms with Crippen LogP contribution in [0.3, 0.4) is 0 Å². The molecule has 3 aliphatic rings. The Balaban J connectivity index is 1.37. The number of anilines is 1. The van der Waals surface area contributed by atoms with Gasteiger partial charge >= 0.3 is 0 Å². The van der Waals surface area contributed by atoms with E-state index in [0.717, 1.165) is 36.3 Å². The van der Waals surface area contributed by atoms with Crippen molar-refractivity contribution in [1.29, 1.82) is 0 Å². The van der Waals surface area contributed by atoms with Crippen LogP contribution in [-0.4, -0.2) is 28.6 Å². The minimum Gasteiger partial charge on any atom is -0.486 e. The van der Waals surface area contributed by atoms with Crippen LogP contribution in [-0.2, 0) is 20.8 Å². The Hall–Kier alpha value is -2.60. The smallest absolute Gasteiger partial charge is 0.223 e. The third-order valence-corrected chi connectivity index (χ3v) is 7.60. The van der Waals surface area contributed by atoms with Gasteiger partial charge in [-0.2, -0.15) is 0 Å². The first-order valence-electron chi connectivity index (χ1n) is 10.4. The molecule has 1 aliphatic carbocycles. The van der Waals surface area contributed by atoms with Crippen LogP contribution in [0.15, 0.2) is 42.5 Å². The number of ether oxygens (including phenoxy) is 1. The van der Waals surface area contributed by atoms with E-state index in [-0.39, 0.29) is 40.5 Å². The number of para-hydroxylation sites is 1. The van der Waals surface area contributed by atoms with Crippen LogP contribution < -0.4 is 9.64 Å². The zero-order valence-electron chi connectivity index (χ0n) is 16.8. The van der Waals surface area contributed by atoms with Crippen molar-refractivity contribution < 1.29 is 19.1 Å². The molecule has 0 N–H and O–H groups in total. The summed E-state index contributed by atoms with van der Waals surface area (Å²) < 4.78 is 6.37. The van der Waals surface area contributed by atoms with Crippen molar-refractivity contribution in [2.75, 3.05) is 11.4 Å². The van der Waals surface area contributed by atoms with E-state index in [1.165, 1.54) is 22.9 Å². The highest BCUT2D eigenvalue weighted by Gasteiger charge is 2.41. The molecule has 3 unspecified atom stereocenters. The molecule has 2 aromatic carbocycles. The zero-order valence-corrected chi connectivity index (χ0v) is 17.6. The number of fused-ring (bicyclic) bond motifs is 2. The number of amides is 1. The first kappa shape index (κ1) is 19.4. The fourth-order valence-electron chi connectivity index (χ4n) is 4.95. The van der Waals surface area contributed by atoms with Gasteiger partial charge in [0.15, 0.2) is 10.9 Å². The van der Waals surface area contributed by atoms with Crippen LogP contribution >= 0.6 is 11.8 Å². The van der Waals surface area contributed by atoms with E-state index in [0.29, 0.717) is 6.54 Å². The normalized spacial score (nSPS) is 25.2. The zero-order chi connectivity index (χ0) is 20.8. The lowest BCUT2D eigenvalue weighted by Crippen LogP contribution is -2.36. The number of nitrogens with zero attached hydrogens (tertiary/aromatic N) is 1. The molecule has 154 valence electrons. The van der Waals surface area contributed by atoms with E-state index >= 15 is 0 Å². The van der Waals surface area contributed by atoms with Gasteiger partial charge in [-0.05, 0) is 42.2 Å². The maximum Gasteiger partial charge on any atom is 0.223 e. The molecule has 2 heterocycles. The van der Waals surface area contributed by atoms with Crippen LogP contribution in [0.25, 0.3) is 0 Å². The highest BCUT2D eigenvalue weighted by Crippen LogP contribution is 2.45. The lowest BCUT2D eigenvalue weighted by Gasteiger charge is -2.34. The first-order chi connectivity index (χ1) is 14.5. The van der Waals surface area contributed by atoms with Crippen molar-refractivity contribution in [3.05, 3.63) is 59.2 Å². The molecule has 3 atom stereocenters. The van der Waals surface area contributed by atoms with E-state index in [1.807, 2.05) is 30.3 Å². The number of Topliss-reactive ketones (excluding diaryl/α,β-unsaturated/α-hetero) is 1. The highest BCUT2D eigenvalue weighted by molar-refractivity contribution is 8.15. The van der Waals surface area contributed by atoms with E-state index in [2.05, 4.69) is 12.1 Å². The quantitative estimate of drug-likeness (QED) is 0.695. The Kier molecular flexibility index (Phi) is 4.89. The fraction of sp³-hybridized carbons (Fsp3) is 0.375. The summed E-state index contributed by atoms with van der Waals surface area (Å²) in [4.78, 5) is 37.7. The molecule has 2 aromatic rings. The molecule has 30 heavy (non-hydrogen) atoms. The number of aryl methyl sites for hydroxylation is 1. The van der Waals surface area contributed by atoms with Crippen molar-refractivity contribution in [2.45, 2.75) is 49.9 Å². The van der Waals surface area contributed by atoms with E-state index < -0.39 is 0 Å². The number of ketones is 1. The van der Waals surface area contributed by atoms with Gasteiger partial charge in [-0.1, -0.05) is 36.0 Å². The number of hydrogen-bond donors (Lipinski definition) is 0. The van der Waals surface area contributed by atoms with E-state index in [1.54, 1.807) is 11.8 Å². The molecule has 1 saturated heterocycles. The second-order valence-electron chi connectivity index (χ2n) is 8.18. The van der Waals surface area contributed by atoms with Gasteiger partial charge in [0.2, 0.25) is 5.91 Å². The summed E-state index contributed by atoms with van der Waals surface area (Å²) in [6.45, 7) is 2.23. The van der Waals surface area contributed by atoms with Crippen molar-refractivity contribution in [1.82, 2.24) is 0 Å². The number of hydrogen-bond acceptors (Lipinski definition) is 5. The predicted molar refractivity (Wildman–Crippen MR) is 116 cm³/mol. The van der Waals surface area contributed by atoms with Crippen LogP contribution in [0.5, 0.6) is 5.75 Å². The largest absolute Gasteiger partial charge is 0.486 e. The molecular weight excluding hydrogens is 398 g/mol. The molecule has 0 radical (unpaired) electrons. The molecule has 0 aromatic heterocycles. The van der Waals surface area contributed by atoms with Crippen LogP contribution in [0.2, 0.25) is 0 Å². The van der Waals surface area contributed by atoms with Crippen molar-refractivity contribution in [3.63, 3.8) is 0 Å². The summed E-state index contributed by atoms with van der Waals surface area (Å²) in [5.74, 6) is 1.05. The summed E-state index contributed by atoms with van der Waals surface area (Å²) >= 11 is 1.21. The van der Waals surface area contributed by atoms with Crippen LogP contribution in [0.4, 0.5) is 5.69 Å². The third kappa shape index (κ3) is 3.33. The molecule has 5 nitrogen and oxygen atoms in total. The summed E-state index contributed by atoms with van der Waals surface area (Å²) in [6, 6.07) is 14.0. The number of rotatable bonds is 3. The Morgan fingerprint density at radius 1 is 1.10 bits per heavy atom. The summed E-state index contributed by atoms with van der Waals surface area (Å²) in [5.41, 5.74) is 4.34. The van der Waals surface area contributed by atoms with Gasteiger partial charge in [-0.15, -0.1) is 0 Å². The average molecular weight is 422 g/mol. The second-order valence-corrected chi connectivity index (χ2v) is 9.38. The molecule has 1 amide bonds. The van der Waals surface area contributed by atoms with Crippen molar-refractivity contribution in [3.8, 4) is 5.75 Å². The van der Waals surface area contributed by atoms with Crippen molar-refractivity contribution >= 4 is 34.3 Å². The molecule has 0 bridgehead atoms. The number of carbonyl (C=O) groups is 3. The lowest BCUT2D eigenvalue weighted by atomic mass is 9.94. The highest BCUT2D eigenvalue weighted by atomic mass is 32.2. The standard InChI is InChI=1S/C24H23NO4S/c1-14(26)25-11-10-22(19-4-2-3-5-20(19)25)29-16-7-9-17-15(12-16)6-8-18(17)24-21(27)13-23(28)30-24/h2-5,7,9,12,18,22,24H,6,8,10-11,13H2,1H3. The van der Waals surface area contributed by atoms with Crippen LogP contribution in [0.1, 0.15) is 54.9 Å². The Bertz CT molecular complexity index is 1050. The van der Waals surface area contributed by atoms with E-state index in [4.69, 9.17) is 4.74 Å². The molecule has 5 rings (SSSR count). The minimum atomic E-state index is -0.228. The van der Waals surface area contributed by atoms with Gasteiger partial charge in [-0.25, -0.2) is 0 Å². The fourth-order valence-corrected chi connectivity index (χ4v) is 6.13. The van der Waals surface area contributed by atoms with Gasteiger partial charge in [0.05, 0.1) is 17.4 Å². The summed E-state index contributed by atoms with van der Waals surface area (Å²) in [5, 5.41) is -0.234. The Morgan fingerprint density at radius 3 is 2.70 bits per heavy atom. The summed E-state index contributed by atoms with van der Waals surface area (Å²) in [7, 11) is 0. The maximum absolute atomic E-state index is 12.2. The second kappa shape index (κ2) is 7.58. The molecule has 0 saturated carbocycles. The lowest BCUT2D eigenvalue weighted by molar-refractivity contribution is -0.121. The monoisotopic (exact) mass is 421 g/mol. The van der Waals surface area contributed by atoms with Crippen LogP contribution in [0, 0.1) is 0 Å². The number of benzene rings is 2. The maximum atomic E-state index is 12.2. The minimum absolute atomic E-state index is 0.00558. The number of thioether (sulfide) groups is 1. The SMILES string of the molecule is CC(=O)N1CCC(Oc2ccc3c(c2)CCC3C2SC(=O)CC2=O)c2ccccc21. The molecule has 2 aliphatic heterocycles. The molecular formula is C24H23NO4S. The van der Waals surface area contributed by atoms with Gasteiger partial charge in [0.25, 0.3) is 0 Å². The Labute approximate surface area is 179 Å². The van der Waals surface area contributed by atoms with Gasteiger partial charge in [0.1, 0.15) is 11.9 Å². The average Bonchev–Trinajstić information content (AvgIpc) is 3.29. The molecule has 6 heteroatoms. The number of carbonyl (C=O) groups excluding carboxylic acids is 3. The third-order valence-electron chi connectivity index (χ3n) is 6.35. The first-order valence-corrected chi connectivity index (χ1v) is 11.3. The molecule has 0 spiro atoms. The molecule has 1 fully saturated rings. The van der Waals surface area contributed by atoms with Gasteiger partial charge in [0, 0.05) is 31.4 Å². The predicted octanol–water partition coefficient (Wildman–Crippen LogP) is 4.19. The summed E-state index contributed by atoms with van der Waals surface area (Å²) in [6.07, 6.45) is 2.51.